The minimum Gasteiger partial charge on any atom is -0.496 e. The molecule has 2 aromatic rings. The van der Waals surface area contributed by atoms with Gasteiger partial charge < -0.3 is 25.3 Å². The molecule has 0 bridgehead atoms. The maximum Gasteiger partial charge on any atom is 0.252 e. The van der Waals surface area contributed by atoms with Gasteiger partial charge in [0.15, 0.2) is 0 Å². The molecule has 154 valence electrons. The van der Waals surface area contributed by atoms with Crippen LogP contribution in [0.15, 0.2) is 24.4 Å². The first-order valence-corrected chi connectivity index (χ1v) is 9.84. The molecule has 8 heteroatoms. The number of amides is 2. The van der Waals surface area contributed by atoms with E-state index in [-0.39, 0.29) is 17.9 Å². The summed E-state index contributed by atoms with van der Waals surface area (Å²) in [4.78, 5) is 28.4. The SMILES string of the molecule is COc1cc2c(OCC3C[C@@H](C4CCOCC4)C(=O)N3)nccc2cc1C(N)=O. The zero-order chi connectivity index (χ0) is 20.4. The van der Waals surface area contributed by atoms with E-state index in [1.54, 1.807) is 24.4 Å². The second kappa shape index (κ2) is 8.24. The molecule has 8 nitrogen and oxygen atoms in total. The number of nitrogens with one attached hydrogen (secondary N) is 1. The topological polar surface area (TPSA) is 113 Å². The van der Waals surface area contributed by atoms with Gasteiger partial charge in [-0.25, -0.2) is 4.98 Å². The molecular weight excluding hydrogens is 374 g/mol. The summed E-state index contributed by atoms with van der Waals surface area (Å²) in [6.07, 6.45) is 4.23. The number of aromatic nitrogens is 1. The lowest BCUT2D eigenvalue weighted by Crippen LogP contribution is -2.32. The third kappa shape index (κ3) is 3.98. The van der Waals surface area contributed by atoms with Crippen molar-refractivity contribution < 1.29 is 23.8 Å². The summed E-state index contributed by atoms with van der Waals surface area (Å²) in [5.74, 6) is 0.740. The van der Waals surface area contributed by atoms with Gasteiger partial charge in [-0.1, -0.05) is 0 Å². The van der Waals surface area contributed by atoms with Gasteiger partial charge in [0.1, 0.15) is 12.4 Å². The van der Waals surface area contributed by atoms with Crippen LogP contribution in [0.2, 0.25) is 0 Å². The molecule has 0 radical (unpaired) electrons. The number of nitrogens with zero attached hydrogens (tertiary/aromatic N) is 1. The third-order valence-corrected chi connectivity index (χ3v) is 5.79. The maximum atomic E-state index is 12.4. The second-order valence-electron chi connectivity index (χ2n) is 7.56. The maximum absolute atomic E-state index is 12.4. The summed E-state index contributed by atoms with van der Waals surface area (Å²) in [6, 6.07) is 5.10. The van der Waals surface area contributed by atoms with Crippen molar-refractivity contribution in [1.82, 2.24) is 10.3 Å². The highest BCUT2D eigenvalue weighted by Crippen LogP contribution is 2.33. The van der Waals surface area contributed by atoms with Crippen molar-refractivity contribution in [2.45, 2.75) is 25.3 Å². The number of pyridine rings is 1. The van der Waals surface area contributed by atoms with Crippen LogP contribution in [0.1, 0.15) is 29.6 Å². The number of rotatable bonds is 6. The van der Waals surface area contributed by atoms with Crippen LogP contribution in [-0.2, 0) is 9.53 Å². The van der Waals surface area contributed by atoms with Gasteiger partial charge in [-0.05, 0) is 48.8 Å². The lowest BCUT2D eigenvalue weighted by atomic mass is 9.84. The fourth-order valence-electron chi connectivity index (χ4n) is 4.25. The molecule has 2 amide bonds. The predicted octanol–water partition coefficient (Wildman–Crippen LogP) is 1.65. The molecule has 2 fully saturated rings. The molecule has 3 N–H and O–H groups in total. The van der Waals surface area contributed by atoms with Crippen LogP contribution in [0.5, 0.6) is 11.6 Å². The number of methoxy groups -OCH3 is 1. The van der Waals surface area contributed by atoms with E-state index in [0.29, 0.717) is 29.7 Å². The first-order valence-electron chi connectivity index (χ1n) is 9.84. The van der Waals surface area contributed by atoms with E-state index in [2.05, 4.69) is 10.3 Å². The first-order chi connectivity index (χ1) is 14.1. The number of primary amides is 1. The minimum absolute atomic E-state index is 0.0196. The Kier molecular flexibility index (Phi) is 5.53. The molecule has 0 spiro atoms. The molecule has 29 heavy (non-hydrogen) atoms. The van der Waals surface area contributed by atoms with E-state index >= 15 is 0 Å². The van der Waals surface area contributed by atoms with Crippen molar-refractivity contribution in [2.24, 2.45) is 17.6 Å². The average Bonchev–Trinajstić information content (AvgIpc) is 3.12. The van der Waals surface area contributed by atoms with Gasteiger partial charge in [0.25, 0.3) is 5.91 Å². The minimum atomic E-state index is -0.559. The Hall–Kier alpha value is -2.87. The zero-order valence-corrected chi connectivity index (χ0v) is 16.3. The number of hydrogen-bond donors (Lipinski definition) is 2. The van der Waals surface area contributed by atoms with Gasteiger partial charge in [0, 0.05) is 30.7 Å². The molecule has 2 saturated heterocycles. The highest BCUT2D eigenvalue weighted by molar-refractivity contribution is 6.01. The van der Waals surface area contributed by atoms with Gasteiger partial charge in [0.05, 0.1) is 18.7 Å². The quantitative estimate of drug-likeness (QED) is 0.764. The van der Waals surface area contributed by atoms with Crippen molar-refractivity contribution in [3.05, 3.63) is 30.0 Å². The van der Waals surface area contributed by atoms with Crippen LogP contribution in [-0.4, -0.2) is 49.8 Å². The summed E-state index contributed by atoms with van der Waals surface area (Å²) in [5, 5.41) is 4.55. The largest absolute Gasteiger partial charge is 0.496 e. The van der Waals surface area contributed by atoms with Crippen LogP contribution in [0.25, 0.3) is 10.8 Å². The number of benzene rings is 1. The molecule has 0 saturated carbocycles. The van der Waals surface area contributed by atoms with Gasteiger partial charge in [-0.3, -0.25) is 9.59 Å². The van der Waals surface area contributed by atoms with Gasteiger partial charge >= 0.3 is 0 Å². The molecule has 1 unspecified atom stereocenters. The Morgan fingerprint density at radius 3 is 2.86 bits per heavy atom. The molecule has 2 aliphatic rings. The van der Waals surface area contributed by atoms with Crippen molar-refractivity contribution >= 4 is 22.6 Å². The molecular formula is C21H25N3O5. The van der Waals surface area contributed by atoms with E-state index in [0.717, 1.165) is 43.2 Å². The summed E-state index contributed by atoms with van der Waals surface area (Å²) < 4.78 is 16.7. The van der Waals surface area contributed by atoms with Gasteiger partial charge in [-0.2, -0.15) is 0 Å². The lowest BCUT2D eigenvalue weighted by Gasteiger charge is -2.25. The number of nitrogens with two attached hydrogens (primary N) is 1. The number of ether oxygens (including phenoxy) is 3. The average molecular weight is 399 g/mol. The molecule has 1 aromatic heterocycles. The van der Waals surface area contributed by atoms with E-state index in [4.69, 9.17) is 19.9 Å². The smallest absolute Gasteiger partial charge is 0.252 e. The Balaban J connectivity index is 1.48. The Morgan fingerprint density at radius 1 is 1.34 bits per heavy atom. The fourth-order valence-corrected chi connectivity index (χ4v) is 4.25. The summed E-state index contributed by atoms with van der Waals surface area (Å²) >= 11 is 0. The van der Waals surface area contributed by atoms with E-state index in [1.807, 2.05) is 0 Å². The Bertz CT molecular complexity index is 926. The van der Waals surface area contributed by atoms with Crippen LogP contribution < -0.4 is 20.5 Å². The van der Waals surface area contributed by atoms with Gasteiger partial charge in [0.2, 0.25) is 11.8 Å². The monoisotopic (exact) mass is 399 g/mol. The number of carbonyl (C=O) groups is 2. The molecule has 2 aliphatic heterocycles. The Morgan fingerprint density at radius 2 is 2.14 bits per heavy atom. The fraction of sp³-hybridized carbons (Fsp3) is 0.476. The lowest BCUT2D eigenvalue weighted by molar-refractivity contribution is -0.125. The van der Waals surface area contributed by atoms with E-state index in [1.165, 1.54) is 7.11 Å². The first kappa shape index (κ1) is 19.4. The van der Waals surface area contributed by atoms with Crippen LogP contribution >= 0.6 is 0 Å². The van der Waals surface area contributed by atoms with Crippen LogP contribution in [0.3, 0.4) is 0 Å². The molecule has 1 aromatic carbocycles. The summed E-state index contributed by atoms with van der Waals surface area (Å²) in [6.45, 7) is 1.78. The summed E-state index contributed by atoms with van der Waals surface area (Å²) in [7, 11) is 1.48. The standard InChI is InChI=1S/C21H25N3O5/c1-27-18-10-16-13(8-17(18)19(22)25)2-5-23-21(16)29-11-14-9-15(20(26)24-14)12-3-6-28-7-4-12/h2,5,8,10,12,14-15H,3-4,6-7,9,11H2,1H3,(H2,22,25)(H,24,26)/t14?,15-/m0/s1. The Labute approximate surface area is 168 Å². The predicted molar refractivity (Wildman–Crippen MR) is 106 cm³/mol. The molecule has 0 aliphatic carbocycles. The van der Waals surface area contributed by atoms with E-state index < -0.39 is 5.91 Å². The van der Waals surface area contributed by atoms with Crippen molar-refractivity contribution in [3.63, 3.8) is 0 Å². The number of carbonyl (C=O) groups excluding carboxylic acids is 2. The number of fused-ring (bicyclic) bond motifs is 1. The van der Waals surface area contributed by atoms with Gasteiger partial charge in [-0.15, -0.1) is 0 Å². The highest BCUT2D eigenvalue weighted by atomic mass is 16.5. The zero-order valence-electron chi connectivity index (χ0n) is 16.3. The summed E-state index contributed by atoms with van der Waals surface area (Å²) in [5.41, 5.74) is 5.74. The molecule has 3 heterocycles. The molecule has 4 rings (SSSR count). The third-order valence-electron chi connectivity index (χ3n) is 5.79. The number of hydrogen-bond acceptors (Lipinski definition) is 6. The van der Waals surface area contributed by atoms with Crippen molar-refractivity contribution in [3.8, 4) is 11.6 Å². The van der Waals surface area contributed by atoms with Crippen LogP contribution in [0.4, 0.5) is 0 Å². The highest BCUT2D eigenvalue weighted by Gasteiger charge is 2.38. The van der Waals surface area contributed by atoms with E-state index in [9.17, 15) is 9.59 Å². The van der Waals surface area contributed by atoms with Crippen molar-refractivity contribution in [2.75, 3.05) is 26.9 Å². The van der Waals surface area contributed by atoms with Crippen LogP contribution in [0, 0.1) is 11.8 Å². The normalized spacial score (nSPS) is 22.4. The second-order valence-corrected chi connectivity index (χ2v) is 7.56. The van der Waals surface area contributed by atoms with Crippen molar-refractivity contribution in [1.29, 1.82) is 0 Å². The molecule has 2 atom stereocenters.